The largest absolute Gasteiger partial charge is 0.491 e. The highest BCUT2D eigenvalue weighted by atomic mass is 17.2. The lowest BCUT2D eigenvalue weighted by Gasteiger charge is -2.10. The molecular formula is C8H11BN2O4. The van der Waals surface area contributed by atoms with Gasteiger partial charge in [0.15, 0.2) is 5.75 Å². The third-order valence-electron chi connectivity index (χ3n) is 2.39. The highest BCUT2D eigenvalue weighted by molar-refractivity contribution is 6.30. The highest BCUT2D eigenvalue weighted by Gasteiger charge is 2.27. The molecule has 7 heteroatoms. The van der Waals surface area contributed by atoms with E-state index in [4.69, 9.17) is 14.4 Å². The van der Waals surface area contributed by atoms with Crippen molar-refractivity contribution >= 4 is 7.48 Å². The third-order valence-corrected chi connectivity index (χ3v) is 2.39. The van der Waals surface area contributed by atoms with Crippen LogP contribution in [0.2, 0.25) is 0 Å². The Kier molecular flexibility index (Phi) is 2.74. The average Bonchev–Trinajstić information content (AvgIpc) is 2.75. The van der Waals surface area contributed by atoms with Crippen molar-refractivity contribution in [3.05, 3.63) is 22.1 Å². The predicted molar refractivity (Wildman–Crippen MR) is 53.0 cm³/mol. The van der Waals surface area contributed by atoms with Gasteiger partial charge in [-0.3, -0.25) is 9.68 Å². The maximum Gasteiger partial charge on any atom is 0.333 e. The van der Waals surface area contributed by atoms with Crippen molar-refractivity contribution in [2.45, 2.75) is 5.82 Å². The molecule has 1 aliphatic heterocycles. The molecule has 0 bridgehead atoms. The summed E-state index contributed by atoms with van der Waals surface area (Å²) in [6, 6.07) is 0. The molecule has 0 amide bonds. The lowest BCUT2D eigenvalue weighted by molar-refractivity contribution is -0.183. The number of methoxy groups -OCH3 is 1. The summed E-state index contributed by atoms with van der Waals surface area (Å²) >= 11 is 0. The fourth-order valence-corrected chi connectivity index (χ4v) is 1.51. The number of aryl methyl sites for hydroxylation is 1. The molecule has 1 atom stereocenters. The molecule has 80 valence electrons. The molecule has 15 heavy (non-hydrogen) atoms. The van der Waals surface area contributed by atoms with Crippen molar-refractivity contribution in [1.82, 2.24) is 9.78 Å². The van der Waals surface area contributed by atoms with Gasteiger partial charge in [0, 0.05) is 18.4 Å². The molecule has 0 radical (unpaired) electrons. The summed E-state index contributed by atoms with van der Waals surface area (Å²) in [5, 5.41) is 3.94. The predicted octanol–water partition coefficient (Wildman–Crippen LogP) is -0.857. The van der Waals surface area contributed by atoms with Crippen molar-refractivity contribution in [3.63, 3.8) is 0 Å². The number of aromatic nitrogens is 2. The van der Waals surface area contributed by atoms with Crippen molar-refractivity contribution in [2.75, 3.05) is 13.7 Å². The molecule has 0 saturated carbocycles. The van der Waals surface area contributed by atoms with E-state index in [2.05, 4.69) is 5.10 Å². The SMILES string of the molecule is COc1c(C2BOOC2)cnn(C)c1=O. The summed E-state index contributed by atoms with van der Waals surface area (Å²) in [6.07, 6.45) is 1.61. The topological polar surface area (TPSA) is 62.6 Å². The van der Waals surface area contributed by atoms with Gasteiger partial charge in [-0.2, -0.15) is 5.10 Å². The van der Waals surface area contributed by atoms with Gasteiger partial charge in [0.05, 0.1) is 19.9 Å². The van der Waals surface area contributed by atoms with Crippen LogP contribution in [0.1, 0.15) is 11.4 Å². The molecule has 1 unspecified atom stereocenters. The molecule has 2 rings (SSSR count). The Hall–Kier alpha value is -1.34. The molecule has 1 aliphatic rings. The van der Waals surface area contributed by atoms with Crippen LogP contribution in [0.3, 0.4) is 0 Å². The number of nitrogens with zero attached hydrogens (tertiary/aromatic N) is 2. The second kappa shape index (κ2) is 4.04. The van der Waals surface area contributed by atoms with Crippen molar-refractivity contribution in [1.29, 1.82) is 0 Å². The van der Waals surface area contributed by atoms with E-state index in [-0.39, 0.29) is 11.4 Å². The zero-order valence-corrected chi connectivity index (χ0v) is 8.60. The highest BCUT2D eigenvalue weighted by Crippen LogP contribution is 2.25. The molecule has 2 heterocycles. The summed E-state index contributed by atoms with van der Waals surface area (Å²) in [5.74, 6) is 0.327. The van der Waals surface area contributed by atoms with Gasteiger partial charge in [-0.15, -0.1) is 0 Å². The van der Waals surface area contributed by atoms with E-state index >= 15 is 0 Å². The second-order valence-electron chi connectivity index (χ2n) is 3.33. The van der Waals surface area contributed by atoms with E-state index in [0.717, 1.165) is 5.56 Å². The molecule has 0 spiro atoms. The van der Waals surface area contributed by atoms with Gasteiger partial charge < -0.3 is 9.54 Å². The Morgan fingerprint density at radius 1 is 1.73 bits per heavy atom. The second-order valence-corrected chi connectivity index (χ2v) is 3.33. The fraction of sp³-hybridized carbons (Fsp3) is 0.500. The minimum absolute atomic E-state index is 0.0151. The molecule has 1 aromatic rings. The summed E-state index contributed by atoms with van der Waals surface area (Å²) in [6.45, 7) is 0.422. The van der Waals surface area contributed by atoms with Crippen LogP contribution in [-0.2, 0) is 16.7 Å². The maximum absolute atomic E-state index is 11.7. The van der Waals surface area contributed by atoms with Crippen LogP contribution in [0.25, 0.3) is 0 Å². The summed E-state index contributed by atoms with van der Waals surface area (Å²) < 4.78 is 6.32. The van der Waals surface area contributed by atoms with E-state index in [1.165, 1.54) is 11.8 Å². The van der Waals surface area contributed by atoms with Crippen LogP contribution >= 0.6 is 0 Å². The smallest absolute Gasteiger partial charge is 0.333 e. The standard InChI is InChI=1S/C8H11BN2O4/c1-11-8(12)7(13-2)5(3-10-11)6-4-14-15-9-6/h3,6,9H,4H2,1-2H3. The van der Waals surface area contributed by atoms with E-state index in [0.29, 0.717) is 19.8 Å². The summed E-state index contributed by atoms with van der Waals surface area (Å²) in [5.41, 5.74) is 0.486. The molecule has 6 nitrogen and oxygen atoms in total. The van der Waals surface area contributed by atoms with Gasteiger partial charge in [-0.05, 0) is 0 Å². The lowest BCUT2D eigenvalue weighted by atomic mass is 9.77. The van der Waals surface area contributed by atoms with Gasteiger partial charge >= 0.3 is 13.0 Å². The van der Waals surface area contributed by atoms with Crippen LogP contribution in [0.4, 0.5) is 0 Å². The van der Waals surface area contributed by atoms with Crippen molar-refractivity contribution in [2.24, 2.45) is 7.05 Å². The molecule has 0 aliphatic carbocycles. The lowest BCUT2D eigenvalue weighted by Crippen LogP contribution is -2.24. The fourth-order valence-electron chi connectivity index (χ4n) is 1.51. The first kappa shape index (κ1) is 10.2. The van der Waals surface area contributed by atoms with Crippen molar-refractivity contribution < 1.29 is 14.4 Å². The number of hydrogen-bond acceptors (Lipinski definition) is 5. The zero-order valence-electron chi connectivity index (χ0n) is 8.60. The van der Waals surface area contributed by atoms with E-state index in [9.17, 15) is 4.79 Å². The van der Waals surface area contributed by atoms with Gasteiger partial charge in [0.1, 0.15) is 0 Å². The van der Waals surface area contributed by atoms with Crippen molar-refractivity contribution in [3.8, 4) is 5.75 Å². The Labute approximate surface area is 87.0 Å². The quantitative estimate of drug-likeness (QED) is 0.469. The first-order chi connectivity index (χ1) is 7.24. The summed E-state index contributed by atoms with van der Waals surface area (Å²) in [7, 11) is 3.47. The Morgan fingerprint density at radius 3 is 3.13 bits per heavy atom. The number of ether oxygens (including phenoxy) is 1. The minimum Gasteiger partial charge on any atom is -0.491 e. The van der Waals surface area contributed by atoms with Crippen LogP contribution in [-0.4, -0.2) is 31.0 Å². The van der Waals surface area contributed by atoms with Gasteiger partial charge in [-0.1, -0.05) is 0 Å². The zero-order chi connectivity index (χ0) is 10.8. The monoisotopic (exact) mass is 210 g/mol. The Bertz CT molecular complexity index is 414. The van der Waals surface area contributed by atoms with Crippen LogP contribution in [0.5, 0.6) is 5.75 Å². The first-order valence-electron chi connectivity index (χ1n) is 4.58. The molecular weight excluding hydrogens is 199 g/mol. The van der Waals surface area contributed by atoms with Gasteiger partial charge in [0.2, 0.25) is 0 Å². The molecule has 0 aromatic carbocycles. The summed E-state index contributed by atoms with van der Waals surface area (Å²) in [4.78, 5) is 21.2. The molecule has 1 saturated heterocycles. The molecule has 0 N–H and O–H groups in total. The number of rotatable bonds is 2. The van der Waals surface area contributed by atoms with Crippen LogP contribution in [0, 0.1) is 0 Å². The number of hydrogen-bond donors (Lipinski definition) is 0. The first-order valence-corrected chi connectivity index (χ1v) is 4.58. The Balaban J connectivity index is 2.46. The normalized spacial score (nSPS) is 20.0. The van der Waals surface area contributed by atoms with E-state index < -0.39 is 0 Å². The van der Waals surface area contributed by atoms with Gasteiger partial charge in [-0.25, -0.2) is 4.68 Å². The maximum atomic E-state index is 11.7. The molecule has 1 aromatic heterocycles. The Morgan fingerprint density at radius 2 is 2.53 bits per heavy atom. The van der Waals surface area contributed by atoms with Crippen LogP contribution in [0.15, 0.2) is 11.0 Å². The third kappa shape index (κ3) is 1.75. The molecule has 1 fully saturated rings. The van der Waals surface area contributed by atoms with E-state index in [1.54, 1.807) is 13.2 Å². The average molecular weight is 210 g/mol. The van der Waals surface area contributed by atoms with E-state index in [1.807, 2.05) is 0 Å². The minimum atomic E-state index is -0.248. The van der Waals surface area contributed by atoms with Gasteiger partial charge in [0.25, 0.3) is 0 Å². The van der Waals surface area contributed by atoms with Crippen LogP contribution < -0.4 is 10.3 Å².